The molecule has 2 fully saturated rings. The quantitative estimate of drug-likeness (QED) is 0.528. The Morgan fingerprint density at radius 3 is 2.72 bits per heavy atom. The highest BCUT2D eigenvalue weighted by Crippen LogP contribution is 2.36. The largest absolute Gasteiger partial charge is 0.490 e. The van der Waals surface area contributed by atoms with Crippen molar-refractivity contribution in [3.05, 3.63) is 35.5 Å². The van der Waals surface area contributed by atoms with E-state index in [2.05, 4.69) is 12.1 Å². The fourth-order valence-electron chi connectivity index (χ4n) is 4.55. The molecule has 0 spiro atoms. The van der Waals surface area contributed by atoms with Crippen LogP contribution in [-0.4, -0.2) is 36.7 Å². The Labute approximate surface area is 189 Å². The van der Waals surface area contributed by atoms with Crippen molar-refractivity contribution in [1.82, 2.24) is 5.16 Å². The summed E-state index contributed by atoms with van der Waals surface area (Å²) in [6.45, 7) is 7.42. The van der Waals surface area contributed by atoms with Gasteiger partial charge in [-0.2, -0.15) is 0 Å². The highest BCUT2D eigenvalue weighted by Gasteiger charge is 2.38. The van der Waals surface area contributed by atoms with Gasteiger partial charge in [0.15, 0.2) is 12.1 Å². The van der Waals surface area contributed by atoms with Crippen LogP contribution in [0.4, 0.5) is 0 Å². The number of aromatic nitrogens is 1. The molecule has 1 aliphatic carbocycles. The Kier molecular flexibility index (Phi) is 7.48. The molecule has 1 aromatic carbocycles. The van der Waals surface area contributed by atoms with E-state index < -0.39 is 0 Å². The van der Waals surface area contributed by atoms with E-state index in [0.717, 1.165) is 54.9 Å². The number of nitrogens with zero attached hydrogens (tertiary/aromatic N) is 1. The lowest BCUT2D eigenvalue weighted by Gasteiger charge is -2.22. The van der Waals surface area contributed by atoms with Crippen LogP contribution in [0.5, 0.6) is 5.75 Å². The summed E-state index contributed by atoms with van der Waals surface area (Å²) < 4.78 is 28.6. The number of carbonyl (C=O) groups is 1. The van der Waals surface area contributed by atoms with Gasteiger partial charge >= 0.3 is 5.97 Å². The average Bonchev–Trinajstić information content (AvgIpc) is 3.35. The van der Waals surface area contributed by atoms with Gasteiger partial charge in [-0.15, -0.1) is 0 Å². The third-order valence-electron chi connectivity index (χ3n) is 6.38. The summed E-state index contributed by atoms with van der Waals surface area (Å²) in [6, 6.07) is 7.81. The molecule has 1 aromatic heterocycles. The first-order valence-corrected chi connectivity index (χ1v) is 11.7. The van der Waals surface area contributed by atoms with Crippen molar-refractivity contribution in [3.8, 4) is 17.1 Å². The minimum atomic E-state index is -0.158. The predicted molar refractivity (Wildman–Crippen MR) is 118 cm³/mol. The summed E-state index contributed by atoms with van der Waals surface area (Å²) in [7, 11) is 0. The second-order valence-electron chi connectivity index (χ2n) is 8.75. The van der Waals surface area contributed by atoms with Gasteiger partial charge in [0.25, 0.3) is 0 Å². The van der Waals surface area contributed by atoms with Crippen LogP contribution in [-0.2, 0) is 25.6 Å². The lowest BCUT2D eigenvalue weighted by molar-refractivity contribution is -0.168. The average molecular weight is 444 g/mol. The molecular formula is C25H33NO6. The Bertz CT molecular complexity index is 886. The van der Waals surface area contributed by atoms with Crippen LogP contribution in [0.25, 0.3) is 11.3 Å². The molecule has 0 radical (unpaired) electrons. The second kappa shape index (κ2) is 10.5. The number of hydrogen-bond acceptors (Lipinski definition) is 7. The summed E-state index contributed by atoms with van der Waals surface area (Å²) >= 11 is 0. The molecule has 0 bridgehead atoms. The van der Waals surface area contributed by atoms with Crippen molar-refractivity contribution < 1.29 is 28.3 Å². The highest BCUT2D eigenvalue weighted by atomic mass is 16.7. The Morgan fingerprint density at radius 1 is 1.19 bits per heavy atom. The van der Waals surface area contributed by atoms with E-state index in [1.807, 2.05) is 38.1 Å². The molecule has 0 N–H and O–H groups in total. The Balaban J connectivity index is 1.37. The maximum Gasteiger partial charge on any atom is 0.309 e. The van der Waals surface area contributed by atoms with E-state index >= 15 is 0 Å². The van der Waals surface area contributed by atoms with Gasteiger partial charge in [0.05, 0.1) is 30.9 Å². The minimum absolute atomic E-state index is 0.0113. The van der Waals surface area contributed by atoms with Crippen molar-refractivity contribution in [3.63, 3.8) is 0 Å². The van der Waals surface area contributed by atoms with Crippen molar-refractivity contribution >= 4 is 5.97 Å². The van der Waals surface area contributed by atoms with Crippen LogP contribution < -0.4 is 4.74 Å². The minimum Gasteiger partial charge on any atom is -0.490 e. The van der Waals surface area contributed by atoms with E-state index in [1.165, 1.54) is 0 Å². The number of carbonyl (C=O) groups excluding carboxylic acids is 1. The molecule has 2 aliphatic rings. The van der Waals surface area contributed by atoms with Gasteiger partial charge < -0.3 is 23.5 Å². The van der Waals surface area contributed by atoms with Crippen molar-refractivity contribution in [2.75, 3.05) is 13.2 Å². The molecule has 1 saturated heterocycles. The summed E-state index contributed by atoms with van der Waals surface area (Å²) in [5.74, 6) is 1.54. The molecule has 7 heteroatoms. The third kappa shape index (κ3) is 5.33. The van der Waals surface area contributed by atoms with E-state index in [9.17, 15) is 4.79 Å². The topological polar surface area (TPSA) is 80.0 Å². The molecule has 1 saturated carbocycles. The van der Waals surface area contributed by atoms with E-state index in [-0.39, 0.29) is 30.2 Å². The number of esters is 1. The molecular weight excluding hydrogens is 410 g/mol. The maximum atomic E-state index is 12.1. The van der Waals surface area contributed by atoms with Gasteiger partial charge in [0, 0.05) is 17.7 Å². The molecule has 2 aromatic rings. The van der Waals surface area contributed by atoms with Crippen LogP contribution in [0.15, 0.2) is 28.8 Å². The molecule has 1 aliphatic heterocycles. The second-order valence-corrected chi connectivity index (χ2v) is 8.75. The van der Waals surface area contributed by atoms with E-state index in [1.54, 1.807) is 0 Å². The number of benzene rings is 1. The summed E-state index contributed by atoms with van der Waals surface area (Å²) in [4.78, 5) is 12.1. The number of hydrogen-bond donors (Lipinski definition) is 0. The summed E-state index contributed by atoms with van der Waals surface area (Å²) in [6.07, 6.45) is 4.52. The molecule has 4 atom stereocenters. The first-order chi connectivity index (χ1) is 15.5. The van der Waals surface area contributed by atoms with Crippen LogP contribution in [0.2, 0.25) is 0 Å². The molecule has 4 rings (SSSR count). The summed E-state index contributed by atoms with van der Waals surface area (Å²) in [5, 5.41) is 4.14. The van der Waals surface area contributed by atoms with Gasteiger partial charge in [-0.3, -0.25) is 4.79 Å². The normalized spacial score (nSPS) is 25.6. The summed E-state index contributed by atoms with van der Waals surface area (Å²) in [5.41, 5.74) is 2.68. The van der Waals surface area contributed by atoms with Crippen molar-refractivity contribution in [1.29, 1.82) is 0 Å². The molecule has 174 valence electrons. The van der Waals surface area contributed by atoms with Crippen molar-refractivity contribution in [2.24, 2.45) is 11.8 Å². The lowest BCUT2D eigenvalue weighted by Crippen LogP contribution is -2.22. The van der Waals surface area contributed by atoms with Crippen LogP contribution in [0.1, 0.15) is 57.2 Å². The van der Waals surface area contributed by atoms with Crippen LogP contribution in [0.3, 0.4) is 0 Å². The molecule has 2 heterocycles. The third-order valence-corrected chi connectivity index (χ3v) is 6.38. The Morgan fingerprint density at radius 2 is 2.00 bits per heavy atom. The van der Waals surface area contributed by atoms with Gasteiger partial charge in [-0.1, -0.05) is 12.1 Å². The van der Waals surface area contributed by atoms with Crippen LogP contribution >= 0.6 is 0 Å². The fourth-order valence-corrected chi connectivity index (χ4v) is 4.55. The van der Waals surface area contributed by atoms with Crippen LogP contribution in [0, 0.1) is 18.8 Å². The molecule has 4 unspecified atom stereocenters. The smallest absolute Gasteiger partial charge is 0.309 e. The van der Waals surface area contributed by atoms with Gasteiger partial charge in [-0.25, -0.2) is 0 Å². The highest BCUT2D eigenvalue weighted by molar-refractivity contribution is 5.73. The van der Waals surface area contributed by atoms with E-state index in [0.29, 0.717) is 25.4 Å². The first kappa shape index (κ1) is 22.8. The van der Waals surface area contributed by atoms with Gasteiger partial charge in [0.1, 0.15) is 5.75 Å². The Hall–Kier alpha value is -2.38. The lowest BCUT2D eigenvalue weighted by atomic mass is 9.99. The number of ether oxygens (including phenoxy) is 4. The zero-order valence-electron chi connectivity index (χ0n) is 19.2. The molecule has 32 heavy (non-hydrogen) atoms. The fraction of sp³-hybridized carbons (Fsp3) is 0.600. The molecule has 7 nitrogen and oxygen atoms in total. The standard InChI is InChI=1S/C25H33NO6/c1-4-28-25(27)21-14-20(13-16(21)2)31-19-10-8-18(9-11-19)24-22(17(3)26-32-24)15-30-23-7-5-6-12-29-23/h8-11,16,20-21,23H,4-7,12-15H2,1-3H3. The maximum absolute atomic E-state index is 12.1. The predicted octanol–water partition coefficient (Wildman–Crippen LogP) is 5.05. The SMILES string of the molecule is CCOC(=O)C1CC(Oc2ccc(-c3onc(C)c3COC3CCCCO3)cc2)CC1C. The number of aryl methyl sites for hydroxylation is 1. The van der Waals surface area contributed by atoms with Gasteiger partial charge in [0.2, 0.25) is 0 Å². The monoisotopic (exact) mass is 443 g/mol. The zero-order chi connectivity index (χ0) is 22.5. The van der Waals surface area contributed by atoms with Gasteiger partial charge in [-0.05, 0) is 76.1 Å². The van der Waals surface area contributed by atoms with E-state index in [4.69, 9.17) is 23.5 Å². The first-order valence-electron chi connectivity index (χ1n) is 11.7. The molecule has 0 amide bonds. The zero-order valence-corrected chi connectivity index (χ0v) is 19.2. The van der Waals surface area contributed by atoms with Crippen molar-refractivity contribution in [2.45, 2.75) is 71.9 Å². The number of rotatable bonds is 8.